The maximum atomic E-state index is 6.55. The summed E-state index contributed by atoms with van der Waals surface area (Å²) in [5.41, 5.74) is 6.56. The van der Waals surface area contributed by atoms with Gasteiger partial charge >= 0.3 is 0 Å². The molecule has 5 aromatic rings. The lowest BCUT2D eigenvalue weighted by Gasteiger charge is -2.41. The van der Waals surface area contributed by atoms with Crippen LogP contribution in [0.2, 0.25) is 10.0 Å². The lowest BCUT2D eigenvalue weighted by atomic mass is 9.93. The second-order valence-corrected chi connectivity index (χ2v) is 10.2. The number of rotatable bonds is 3. The summed E-state index contributed by atoms with van der Waals surface area (Å²) >= 11 is 12.7. The van der Waals surface area contributed by atoms with Crippen molar-refractivity contribution in [3.63, 3.8) is 0 Å². The predicted octanol–water partition coefficient (Wildman–Crippen LogP) is 8.28. The van der Waals surface area contributed by atoms with E-state index in [1.807, 2.05) is 72.3 Å². The van der Waals surface area contributed by atoms with Crippen LogP contribution in [0.25, 0.3) is 5.69 Å². The topological polar surface area (TPSA) is 57.8 Å². The summed E-state index contributed by atoms with van der Waals surface area (Å²) in [6, 6.07) is 33.8. The normalized spacial score (nSPS) is 16.7. The molecule has 0 saturated heterocycles. The maximum Gasteiger partial charge on any atom is 0.179 e. The molecule has 2 aliphatic rings. The van der Waals surface area contributed by atoms with Crippen LogP contribution in [0.4, 0.5) is 22.9 Å². The number of amidine groups is 2. The molecule has 8 heteroatoms. The van der Waals surface area contributed by atoms with Crippen LogP contribution in [0.15, 0.2) is 113 Å². The molecule has 0 amide bonds. The number of nitrogens with zero attached hydrogens (tertiary/aromatic N) is 5. The van der Waals surface area contributed by atoms with Gasteiger partial charge in [0.05, 0.1) is 39.5 Å². The molecular weight excluding hydrogens is 527 g/mol. The summed E-state index contributed by atoms with van der Waals surface area (Å²) < 4.78 is 1.92. The smallest absolute Gasteiger partial charge is 0.179 e. The monoisotopic (exact) mass is 548 g/mol. The average Bonchev–Trinajstić information content (AvgIpc) is 3.30. The Hall–Kier alpha value is -4.39. The van der Waals surface area contributed by atoms with Crippen molar-refractivity contribution in [2.45, 2.75) is 13.0 Å². The number of aromatic nitrogens is 2. The molecule has 4 aromatic carbocycles. The molecule has 0 bridgehead atoms. The second-order valence-electron chi connectivity index (χ2n) is 9.39. The molecule has 1 atom stereocenters. The van der Waals surface area contributed by atoms with Gasteiger partial charge in [0.25, 0.3) is 0 Å². The summed E-state index contributed by atoms with van der Waals surface area (Å²) in [6.45, 7) is 2.05. The van der Waals surface area contributed by atoms with Crippen molar-refractivity contribution in [1.82, 2.24) is 9.78 Å². The van der Waals surface area contributed by atoms with E-state index < -0.39 is 0 Å². The fraction of sp³-hybridized carbons (Fsp3) is 0.0645. The molecule has 190 valence electrons. The first-order chi connectivity index (χ1) is 19.1. The van der Waals surface area contributed by atoms with Gasteiger partial charge in [-0.15, -0.1) is 0 Å². The zero-order chi connectivity index (χ0) is 26.5. The van der Waals surface area contributed by atoms with Crippen LogP contribution in [0.1, 0.15) is 22.9 Å². The van der Waals surface area contributed by atoms with Gasteiger partial charge in [-0.3, -0.25) is 0 Å². The first-order valence-corrected chi connectivity index (χ1v) is 13.3. The van der Waals surface area contributed by atoms with Gasteiger partial charge in [0.1, 0.15) is 0 Å². The Kier molecular flexibility index (Phi) is 5.72. The van der Waals surface area contributed by atoms with E-state index in [9.17, 15) is 0 Å². The predicted molar refractivity (Wildman–Crippen MR) is 160 cm³/mol. The molecule has 2 aliphatic heterocycles. The van der Waals surface area contributed by atoms with Crippen LogP contribution >= 0.6 is 23.2 Å². The van der Waals surface area contributed by atoms with Gasteiger partial charge in [-0.25, -0.2) is 14.7 Å². The van der Waals surface area contributed by atoms with E-state index in [0.717, 1.165) is 39.7 Å². The molecule has 1 unspecified atom stereocenters. The zero-order valence-corrected chi connectivity index (χ0v) is 22.4. The molecule has 0 spiro atoms. The van der Waals surface area contributed by atoms with Gasteiger partial charge < -0.3 is 10.2 Å². The second kappa shape index (κ2) is 9.42. The molecular formula is C31H22Cl2N6. The molecule has 0 aliphatic carbocycles. The Morgan fingerprint density at radius 1 is 0.846 bits per heavy atom. The van der Waals surface area contributed by atoms with Gasteiger partial charge in [0.15, 0.2) is 17.5 Å². The SMILES string of the molecule is Cc1nn(-c2ccccc2)c2c1C(c1ccccc1)N1C(=N2)C(=Nc2ccc(Cl)cc2Cl)Nc2ccccc21. The number of anilines is 2. The zero-order valence-electron chi connectivity index (χ0n) is 20.9. The lowest BCUT2D eigenvalue weighted by molar-refractivity contribution is 0.816. The summed E-state index contributed by atoms with van der Waals surface area (Å²) in [5, 5.41) is 9.50. The van der Waals surface area contributed by atoms with Crippen molar-refractivity contribution in [2.75, 3.05) is 10.2 Å². The number of aryl methyl sites for hydroxylation is 1. The Balaban J connectivity index is 1.53. The minimum Gasteiger partial charge on any atom is -0.335 e. The minimum absolute atomic E-state index is 0.180. The number of benzene rings is 4. The number of nitrogens with one attached hydrogen (secondary N) is 1. The first-order valence-electron chi connectivity index (χ1n) is 12.6. The summed E-state index contributed by atoms with van der Waals surface area (Å²) in [7, 11) is 0. The van der Waals surface area contributed by atoms with E-state index >= 15 is 0 Å². The van der Waals surface area contributed by atoms with E-state index in [4.69, 9.17) is 38.3 Å². The molecule has 1 aromatic heterocycles. The number of para-hydroxylation sites is 3. The van der Waals surface area contributed by atoms with E-state index in [1.165, 1.54) is 0 Å². The summed E-state index contributed by atoms with van der Waals surface area (Å²) in [4.78, 5) is 12.5. The van der Waals surface area contributed by atoms with Crippen LogP contribution in [0.5, 0.6) is 0 Å². The number of fused-ring (bicyclic) bond motifs is 4. The van der Waals surface area contributed by atoms with Crippen LogP contribution in [0, 0.1) is 6.92 Å². The fourth-order valence-electron chi connectivity index (χ4n) is 5.22. The number of halogens is 2. The van der Waals surface area contributed by atoms with Crippen LogP contribution in [-0.4, -0.2) is 21.5 Å². The third-order valence-electron chi connectivity index (χ3n) is 6.94. The Labute approximate surface area is 235 Å². The van der Waals surface area contributed by atoms with Gasteiger partial charge in [-0.1, -0.05) is 83.9 Å². The standard InChI is InChI=1S/C31H22Cl2N6/c1-19-27-28(20-10-4-2-5-11-20)38-26-15-9-8-14-25(26)35-29(34-24-17-16-21(32)18-23(24)33)31(38)36-30(27)39(37-19)22-12-6-3-7-13-22/h2-18,28H,1H3,(H,34,35). The van der Waals surface area contributed by atoms with Gasteiger partial charge in [0.2, 0.25) is 0 Å². The number of hydrogen-bond acceptors (Lipinski definition) is 4. The highest BCUT2D eigenvalue weighted by Gasteiger charge is 2.41. The van der Waals surface area contributed by atoms with Gasteiger partial charge in [-0.05, 0) is 55.0 Å². The molecule has 3 heterocycles. The summed E-state index contributed by atoms with van der Waals surface area (Å²) in [5.74, 6) is 2.04. The molecule has 7 rings (SSSR count). The number of hydrogen-bond donors (Lipinski definition) is 1. The molecule has 0 fully saturated rings. The van der Waals surface area contributed by atoms with E-state index in [1.54, 1.807) is 12.1 Å². The Morgan fingerprint density at radius 3 is 2.33 bits per heavy atom. The lowest BCUT2D eigenvalue weighted by Crippen LogP contribution is -2.48. The third-order valence-corrected chi connectivity index (χ3v) is 7.48. The van der Waals surface area contributed by atoms with Gasteiger partial charge in [-0.2, -0.15) is 5.10 Å². The molecule has 0 radical (unpaired) electrons. The molecule has 0 saturated carbocycles. The largest absolute Gasteiger partial charge is 0.335 e. The highest BCUT2D eigenvalue weighted by molar-refractivity contribution is 6.52. The van der Waals surface area contributed by atoms with Crippen molar-refractivity contribution in [3.05, 3.63) is 130 Å². The Morgan fingerprint density at radius 2 is 1.56 bits per heavy atom. The average molecular weight is 549 g/mol. The highest BCUT2D eigenvalue weighted by atomic mass is 35.5. The molecule has 6 nitrogen and oxygen atoms in total. The maximum absolute atomic E-state index is 6.55. The Bertz CT molecular complexity index is 1780. The third kappa shape index (κ3) is 4.00. The first kappa shape index (κ1) is 23.7. The minimum atomic E-state index is -0.180. The van der Waals surface area contributed by atoms with Crippen molar-refractivity contribution in [1.29, 1.82) is 0 Å². The van der Waals surface area contributed by atoms with Crippen LogP contribution < -0.4 is 10.2 Å². The summed E-state index contributed by atoms with van der Waals surface area (Å²) in [6.07, 6.45) is 0. The van der Waals surface area contributed by atoms with Crippen molar-refractivity contribution in [3.8, 4) is 5.69 Å². The van der Waals surface area contributed by atoms with Crippen molar-refractivity contribution in [2.24, 2.45) is 9.98 Å². The van der Waals surface area contributed by atoms with Crippen LogP contribution in [-0.2, 0) is 0 Å². The van der Waals surface area contributed by atoms with Crippen molar-refractivity contribution < 1.29 is 0 Å². The van der Waals surface area contributed by atoms with Crippen molar-refractivity contribution >= 4 is 57.8 Å². The number of aliphatic imine (C=N–C) groups is 2. The molecule has 39 heavy (non-hydrogen) atoms. The quantitative estimate of drug-likeness (QED) is 0.246. The van der Waals surface area contributed by atoms with Crippen LogP contribution in [0.3, 0.4) is 0 Å². The van der Waals surface area contributed by atoms with Gasteiger partial charge in [0, 0.05) is 10.6 Å². The molecule has 1 N–H and O–H groups in total. The highest BCUT2D eigenvalue weighted by Crippen LogP contribution is 2.47. The van der Waals surface area contributed by atoms with E-state index in [-0.39, 0.29) is 6.04 Å². The fourth-order valence-corrected chi connectivity index (χ4v) is 5.67. The van der Waals surface area contributed by atoms with E-state index in [2.05, 4.69) is 40.5 Å². The van der Waals surface area contributed by atoms with E-state index in [0.29, 0.717) is 27.4 Å².